The summed E-state index contributed by atoms with van der Waals surface area (Å²) in [6.07, 6.45) is 6.77. The number of rotatable bonds is 7. The van der Waals surface area contributed by atoms with E-state index in [9.17, 15) is 0 Å². The minimum atomic E-state index is 0.429. The van der Waals surface area contributed by atoms with Gasteiger partial charge in [0.15, 0.2) is 0 Å². The van der Waals surface area contributed by atoms with Gasteiger partial charge in [0, 0.05) is 11.4 Å². The molecule has 0 saturated heterocycles. The fraction of sp³-hybridized carbons (Fsp3) is 0.812. The summed E-state index contributed by atoms with van der Waals surface area (Å²) in [6, 6.07) is 1.19. The number of nitrogens with zero attached hydrogens (tertiary/aromatic N) is 2. The van der Waals surface area contributed by atoms with Crippen molar-refractivity contribution in [1.82, 2.24) is 9.88 Å². The molecule has 1 saturated carbocycles. The lowest BCUT2D eigenvalue weighted by molar-refractivity contribution is 0.137. The zero-order chi connectivity index (χ0) is 14.5. The molecule has 0 amide bonds. The van der Waals surface area contributed by atoms with Gasteiger partial charge in [-0.15, -0.1) is 22.9 Å². The highest BCUT2D eigenvalue weighted by Crippen LogP contribution is 2.32. The van der Waals surface area contributed by atoms with Crippen LogP contribution in [0.5, 0.6) is 0 Å². The first-order valence-electron chi connectivity index (χ1n) is 7.87. The Bertz CT molecular complexity index is 399. The van der Waals surface area contributed by atoms with Crippen molar-refractivity contribution >= 4 is 22.9 Å². The molecule has 1 atom stereocenters. The molecule has 2 nitrogen and oxygen atoms in total. The van der Waals surface area contributed by atoms with Crippen molar-refractivity contribution in [2.45, 2.75) is 70.8 Å². The third kappa shape index (κ3) is 4.19. The molecule has 1 heterocycles. The zero-order valence-corrected chi connectivity index (χ0v) is 14.5. The van der Waals surface area contributed by atoms with Gasteiger partial charge >= 0.3 is 0 Å². The highest BCUT2D eigenvalue weighted by atomic mass is 35.5. The summed E-state index contributed by atoms with van der Waals surface area (Å²) < 4.78 is 0. The molecule has 4 heteroatoms. The van der Waals surface area contributed by atoms with E-state index in [1.165, 1.54) is 43.7 Å². The maximum atomic E-state index is 5.88. The van der Waals surface area contributed by atoms with Crippen molar-refractivity contribution in [2.24, 2.45) is 5.92 Å². The maximum Gasteiger partial charge on any atom is 0.110 e. The Balaban J connectivity index is 2.07. The van der Waals surface area contributed by atoms with E-state index in [0.717, 1.165) is 17.7 Å². The van der Waals surface area contributed by atoms with Crippen LogP contribution in [0.4, 0.5) is 0 Å². The van der Waals surface area contributed by atoms with E-state index >= 15 is 0 Å². The van der Waals surface area contributed by atoms with Gasteiger partial charge in [-0.05, 0) is 38.6 Å². The first kappa shape index (κ1) is 16.3. The average molecular weight is 315 g/mol. The average Bonchev–Trinajstić information content (AvgIpc) is 3.09. The molecule has 2 rings (SSSR count). The first-order valence-corrected chi connectivity index (χ1v) is 9.29. The molecule has 20 heavy (non-hydrogen) atoms. The molecular formula is C16H27ClN2S. The van der Waals surface area contributed by atoms with E-state index in [1.807, 2.05) is 0 Å². The summed E-state index contributed by atoms with van der Waals surface area (Å²) in [4.78, 5) is 7.39. The number of thiazole rings is 1. The van der Waals surface area contributed by atoms with Crippen molar-refractivity contribution in [1.29, 1.82) is 0 Å². The van der Waals surface area contributed by atoms with E-state index in [1.54, 1.807) is 11.3 Å². The highest BCUT2D eigenvalue weighted by molar-refractivity contribution is 7.09. The summed E-state index contributed by atoms with van der Waals surface area (Å²) in [5, 5.41) is 3.34. The van der Waals surface area contributed by atoms with Gasteiger partial charge in [-0.1, -0.05) is 26.7 Å². The Morgan fingerprint density at radius 2 is 2.05 bits per heavy atom. The van der Waals surface area contributed by atoms with Crippen molar-refractivity contribution in [3.63, 3.8) is 0 Å². The van der Waals surface area contributed by atoms with Crippen LogP contribution < -0.4 is 0 Å². The molecule has 1 aliphatic carbocycles. The smallest absolute Gasteiger partial charge is 0.110 e. The fourth-order valence-electron chi connectivity index (χ4n) is 3.05. The van der Waals surface area contributed by atoms with Gasteiger partial charge in [0.1, 0.15) is 5.01 Å². The number of hydrogen-bond donors (Lipinski definition) is 0. The summed E-state index contributed by atoms with van der Waals surface area (Å²) in [7, 11) is 0. The van der Waals surface area contributed by atoms with Crippen LogP contribution in [-0.2, 0) is 5.88 Å². The van der Waals surface area contributed by atoms with Gasteiger partial charge in [-0.25, -0.2) is 4.98 Å². The van der Waals surface area contributed by atoms with Gasteiger partial charge in [-0.3, -0.25) is 4.90 Å². The van der Waals surface area contributed by atoms with Gasteiger partial charge < -0.3 is 0 Å². The Morgan fingerprint density at radius 1 is 1.35 bits per heavy atom. The molecule has 1 aliphatic rings. The summed E-state index contributed by atoms with van der Waals surface area (Å²) in [5.41, 5.74) is 1.02. The van der Waals surface area contributed by atoms with E-state index in [4.69, 9.17) is 16.6 Å². The predicted octanol–water partition coefficient (Wildman–Crippen LogP) is 5.23. The molecule has 1 unspecified atom stereocenters. The largest absolute Gasteiger partial charge is 0.291 e. The lowest BCUT2D eigenvalue weighted by atomic mass is 10.1. The van der Waals surface area contributed by atoms with E-state index in [-0.39, 0.29) is 0 Å². The minimum absolute atomic E-state index is 0.429. The van der Waals surface area contributed by atoms with Crippen LogP contribution in [0.25, 0.3) is 0 Å². The first-order chi connectivity index (χ1) is 9.61. The molecule has 0 aliphatic heterocycles. The molecule has 1 aromatic heterocycles. The number of halogens is 1. The summed E-state index contributed by atoms with van der Waals surface area (Å²) >= 11 is 7.65. The van der Waals surface area contributed by atoms with Gasteiger partial charge in [0.25, 0.3) is 0 Å². The van der Waals surface area contributed by atoms with Crippen LogP contribution in [0.1, 0.15) is 69.6 Å². The van der Waals surface area contributed by atoms with Crippen LogP contribution in [0.2, 0.25) is 0 Å². The molecule has 1 fully saturated rings. The molecule has 114 valence electrons. The van der Waals surface area contributed by atoms with Crippen molar-refractivity contribution in [2.75, 3.05) is 6.54 Å². The normalized spacial score (nSPS) is 18.3. The topological polar surface area (TPSA) is 16.1 Å². The van der Waals surface area contributed by atoms with Crippen LogP contribution in [0, 0.1) is 5.92 Å². The van der Waals surface area contributed by atoms with Crippen molar-refractivity contribution < 1.29 is 0 Å². The predicted molar refractivity (Wildman–Crippen MR) is 88.5 cm³/mol. The van der Waals surface area contributed by atoms with Gasteiger partial charge in [0.05, 0.1) is 17.6 Å². The van der Waals surface area contributed by atoms with E-state index < -0.39 is 0 Å². The Morgan fingerprint density at radius 3 is 2.60 bits per heavy atom. The lowest BCUT2D eigenvalue weighted by Crippen LogP contribution is -2.37. The second-order valence-corrected chi connectivity index (χ2v) is 7.50. The van der Waals surface area contributed by atoms with Crippen LogP contribution in [0.3, 0.4) is 0 Å². The van der Waals surface area contributed by atoms with Crippen LogP contribution in [-0.4, -0.2) is 22.5 Å². The van der Waals surface area contributed by atoms with E-state index in [2.05, 4.69) is 31.1 Å². The quantitative estimate of drug-likeness (QED) is 0.640. The second-order valence-electron chi connectivity index (χ2n) is 6.35. The maximum absolute atomic E-state index is 5.88. The highest BCUT2D eigenvalue weighted by Gasteiger charge is 2.28. The molecule has 0 radical (unpaired) electrons. The third-order valence-corrected chi connectivity index (χ3v) is 5.66. The monoisotopic (exact) mass is 314 g/mol. The molecular weight excluding hydrogens is 288 g/mol. The molecule has 0 aromatic carbocycles. The van der Waals surface area contributed by atoms with Crippen LogP contribution in [0.15, 0.2) is 5.38 Å². The lowest BCUT2D eigenvalue weighted by Gasteiger charge is -2.34. The zero-order valence-electron chi connectivity index (χ0n) is 12.9. The molecule has 0 N–H and O–H groups in total. The van der Waals surface area contributed by atoms with Crippen LogP contribution >= 0.6 is 22.9 Å². The summed E-state index contributed by atoms with van der Waals surface area (Å²) in [5.74, 6) is 1.29. The second kappa shape index (κ2) is 7.77. The van der Waals surface area contributed by atoms with Gasteiger partial charge in [0.2, 0.25) is 0 Å². The molecule has 0 spiro atoms. The fourth-order valence-corrected chi connectivity index (χ4v) is 4.18. The molecule has 1 aromatic rings. The molecule has 0 bridgehead atoms. The van der Waals surface area contributed by atoms with Crippen molar-refractivity contribution in [3.05, 3.63) is 16.1 Å². The Kier molecular flexibility index (Phi) is 6.31. The number of hydrogen-bond acceptors (Lipinski definition) is 3. The van der Waals surface area contributed by atoms with Gasteiger partial charge in [-0.2, -0.15) is 0 Å². The van der Waals surface area contributed by atoms with Crippen molar-refractivity contribution in [3.8, 4) is 0 Å². The Hall–Kier alpha value is -0.120. The third-order valence-electron chi connectivity index (χ3n) is 4.32. The summed E-state index contributed by atoms with van der Waals surface area (Å²) in [6.45, 7) is 8.13. The number of aromatic nitrogens is 1. The SMILES string of the molecule is CC(C)CCN(C1CCCC1)C(C)c1nc(CCl)cs1. The standard InChI is InChI=1S/C16H27ClN2S/c1-12(2)8-9-19(15-6-4-5-7-15)13(3)16-18-14(10-17)11-20-16/h11-13,15H,4-10H2,1-3H3. The number of alkyl halides is 1. The minimum Gasteiger partial charge on any atom is -0.291 e. The van der Waals surface area contributed by atoms with E-state index in [0.29, 0.717) is 11.9 Å². The Labute approximate surface area is 132 Å².